The van der Waals surface area contributed by atoms with Gasteiger partial charge in [-0.3, -0.25) is 14.8 Å². The van der Waals surface area contributed by atoms with Crippen molar-refractivity contribution < 1.29 is 4.79 Å². The second kappa shape index (κ2) is 4.27. The van der Waals surface area contributed by atoms with Gasteiger partial charge < -0.3 is 5.73 Å². The van der Waals surface area contributed by atoms with Gasteiger partial charge in [0, 0.05) is 24.6 Å². The van der Waals surface area contributed by atoms with E-state index in [9.17, 15) is 4.79 Å². The first-order chi connectivity index (χ1) is 8.74. The fourth-order valence-electron chi connectivity index (χ4n) is 2.31. The van der Waals surface area contributed by atoms with Crippen LogP contribution in [0.3, 0.4) is 0 Å². The summed E-state index contributed by atoms with van der Waals surface area (Å²) in [6, 6.07) is 7.24. The lowest BCUT2D eigenvalue weighted by Crippen LogP contribution is -2.25. The molecule has 92 valence electrons. The van der Waals surface area contributed by atoms with Crippen LogP contribution in [0.4, 0.5) is 5.69 Å². The van der Waals surface area contributed by atoms with E-state index in [1.165, 1.54) is 0 Å². The number of nitrogens with zero attached hydrogens (tertiary/aromatic N) is 2. The minimum atomic E-state index is -0.246. The third-order valence-electron chi connectivity index (χ3n) is 3.17. The van der Waals surface area contributed by atoms with Crippen molar-refractivity contribution in [3.8, 4) is 0 Å². The van der Waals surface area contributed by atoms with Crippen LogP contribution in [-0.2, 0) is 17.9 Å². The summed E-state index contributed by atoms with van der Waals surface area (Å²) in [6.07, 6.45) is 3.46. The van der Waals surface area contributed by atoms with E-state index in [1.807, 2.05) is 24.3 Å². The highest BCUT2D eigenvalue weighted by Gasteiger charge is 2.27. The molecule has 1 unspecified atom stereocenters. The van der Waals surface area contributed by atoms with E-state index in [4.69, 9.17) is 5.73 Å². The van der Waals surface area contributed by atoms with E-state index in [-0.39, 0.29) is 18.4 Å². The summed E-state index contributed by atoms with van der Waals surface area (Å²) in [6.45, 7) is 0.977. The Balaban J connectivity index is 1.81. The minimum Gasteiger partial charge on any atom is -0.399 e. The lowest BCUT2D eigenvalue weighted by atomic mass is 10.0. The van der Waals surface area contributed by atoms with Crippen LogP contribution >= 0.6 is 0 Å². The van der Waals surface area contributed by atoms with Crippen molar-refractivity contribution in [2.45, 2.75) is 19.1 Å². The highest BCUT2D eigenvalue weighted by atomic mass is 16.1. The van der Waals surface area contributed by atoms with Gasteiger partial charge in [0.1, 0.15) is 6.54 Å². The topological polar surface area (TPSA) is 72.9 Å². The summed E-state index contributed by atoms with van der Waals surface area (Å²) in [5.41, 5.74) is 8.60. The fourth-order valence-corrected chi connectivity index (χ4v) is 2.31. The highest BCUT2D eigenvalue weighted by Crippen LogP contribution is 2.27. The molecule has 18 heavy (non-hydrogen) atoms. The third kappa shape index (κ3) is 1.89. The van der Waals surface area contributed by atoms with Gasteiger partial charge in [-0.2, -0.15) is 5.10 Å². The lowest BCUT2D eigenvalue weighted by molar-refractivity contribution is -0.121. The molecule has 1 aliphatic heterocycles. The van der Waals surface area contributed by atoms with E-state index < -0.39 is 0 Å². The number of anilines is 1. The first kappa shape index (κ1) is 11.0. The van der Waals surface area contributed by atoms with Crippen molar-refractivity contribution in [2.75, 3.05) is 5.73 Å². The average molecular weight is 242 g/mol. The molecule has 1 aliphatic rings. The molecule has 5 nitrogen and oxygen atoms in total. The first-order valence-electron chi connectivity index (χ1n) is 5.86. The van der Waals surface area contributed by atoms with Gasteiger partial charge in [0.2, 0.25) is 0 Å². The van der Waals surface area contributed by atoms with Gasteiger partial charge in [0.05, 0.1) is 6.04 Å². The summed E-state index contributed by atoms with van der Waals surface area (Å²) in [5, 5.41) is 7.26. The Morgan fingerprint density at radius 1 is 1.56 bits per heavy atom. The average Bonchev–Trinajstić information content (AvgIpc) is 2.97. The maximum atomic E-state index is 12.2. The fraction of sp³-hybridized carbons (Fsp3) is 0.231. The maximum Gasteiger partial charge on any atom is 0.175 e. The van der Waals surface area contributed by atoms with Gasteiger partial charge in [0.15, 0.2) is 5.78 Å². The SMILES string of the molecule is Nc1ccc2c(c1)CNC2C(=O)Cn1cccn1. The number of aromatic nitrogens is 2. The molecule has 1 aromatic heterocycles. The van der Waals surface area contributed by atoms with Crippen LogP contribution in [0, 0.1) is 0 Å². The van der Waals surface area contributed by atoms with Crippen LogP contribution in [0.15, 0.2) is 36.7 Å². The van der Waals surface area contributed by atoms with Crippen LogP contribution in [0.1, 0.15) is 17.2 Å². The number of ketones is 1. The highest BCUT2D eigenvalue weighted by molar-refractivity contribution is 5.86. The summed E-state index contributed by atoms with van der Waals surface area (Å²) >= 11 is 0. The van der Waals surface area contributed by atoms with Crippen molar-refractivity contribution >= 4 is 11.5 Å². The van der Waals surface area contributed by atoms with Crippen molar-refractivity contribution in [3.05, 3.63) is 47.8 Å². The Kier molecular flexibility index (Phi) is 2.60. The molecule has 0 spiro atoms. The standard InChI is InChI=1S/C13H14N4O/c14-10-2-3-11-9(6-10)7-15-13(11)12(18)8-17-5-1-4-16-17/h1-6,13,15H,7-8,14H2. The number of hydrogen-bond acceptors (Lipinski definition) is 4. The van der Waals surface area contributed by atoms with Gasteiger partial charge in [-0.05, 0) is 29.3 Å². The van der Waals surface area contributed by atoms with Crippen LogP contribution in [0.2, 0.25) is 0 Å². The van der Waals surface area contributed by atoms with Gasteiger partial charge >= 0.3 is 0 Å². The van der Waals surface area contributed by atoms with Crippen LogP contribution in [-0.4, -0.2) is 15.6 Å². The summed E-state index contributed by atoms with van der Waals surface area (Å²) in [7, 11) is 0. The molecular formula is C13H14N4O. The summed E-state index contributed by atoms with van der Waals surface area (Å²) in [4.78, 5) is 12.2. The maximum absolute atomic E-state index is 12.2. The number of Topliss-reactive ketones (excluding diaryl/α,β-unsaturated/α-hetero) is 1. The molecule has 0 amide bonds. The van der Waals surface area contributed by atoms with Gasteiger partial charge in [-0.15, -0.1) is 0 Å². The Bertz CT molecular complexity index is 577. The van der Waals surface area contributed by atoms with E-state index in [1.54, 1.807) is 17.1 Å². The number of hydrogen-bond donors (Lipinski definition) is 2. The Hall–Kier alpha value is -2.14. The normalized spacial score (nSPS) is 17.7. The number of nitrogens with two attached hydrogens (primary N) is 1. The van der Waals surface area contributed by atoms with Crippen LogP contribution in [0.5, 0.6) is 0 Å². The molecule has 2 heterocycles. The number of carbonyl (C=O) groups is 1. The Labute approximate surface area is 105 Å². The van der Waals surface area contributed by atoms with Crippen molar-refractivity contribution in [1.29, 1.82) is 0 Å². The molecule has 3 rings (SSSR count). The van der Waals surface area contributed by atoms with E-state index in [0.717, 1.165) is 16.8 Å². The zero-order valence-corrected chi connectivity index (χ0v) is 9.84. The molecule has 0 bridgehead atoms. The quantitative estimate of drug-likeness (QED) is 0.784. The van der Waals surface area contributed by atoms with E-state index in [2.05, 4.69) is 10.4 Å². The summed E-state index contributed by atoms with van der Waals surface area (Å²) in [5.74, 6) is 0.113. The molecule has 0 saturated heterocycles. The predicted octanol–water partition coefficient (Wildman–Crippen LogP) is 0.879. The zero-order valence-electron chi connectivity index (χ0n) is 9.84. The van der Waals surface area contributed by atoms with Gasteiger partial charge in [-0.1, -0.05) is 6.07 Å². The van der Waals surface area contributed by atoms with Gasteiger partial charge in [-0.25, -0.2) is 0 Å². The van der Waals surface area contributed by atoms with E-state index >= 15 is 0 Å². The molecule has 0 aliphatic carbocycles. The number of benzene rings is 1. The van der Waals surface area contributed by atoms with E-state index in [0.29, 0.717) is 6.54 Å². The first-order valence-corrected chi connectivity index (χ1v) is 5.86. The van der Waals surface area contributed by atoms with Crippen LogP contribution in [0.25, 0.3) is 0 Å². The molecule has 0 fully saturated rings. The molecule has 0 radical (unpaired) electrons. The van der Waals surface area contributed by atoms with Gasteiger partial charge in [0.25, 0.3) is 0 Å². The number of carbonyl (C=O) groups excluding carboxylic acids is 1. The predicted molar refractivity (Wildman–Crippen MR) is 67.7 cm³/mol. The number of rotatable bonds is 3. The van der Waals surface area contributed by atoms with Crippen molar-refractivity contribution in [3.63, 3.8) is 0 Å². The molecule has 1 aromatic carbocycles. The third-order valence-corrected chi connectivity index (χ3v) is 3.17. The molecule has 5 heteroatoms. The lowest BCUT2D eigenvalue weighted by Gasteiger charge is -2.11. The monoisotopic (exact) mass is 242 g/mol. The van der Waals surface area contributed by atoms with Crippen molar-refractivity contribution in [1.82, 2.24) is 15.1 Å². The smallest absolute Gasteiger partial charge is 0.175 e. The largest absolute Gasteiger partial charge is 0.399 e. The van der Waals surface area contributed by atoms with Crippen LogP contribution < -0.4 is 11.1 Å². The Morgan fingerprint density at radius 3 is 3.22 bits per heavy atom. The number of nitrogens with one attached hydrogen (secondary N) is 1. The second-order valence-corrected chi connectivity index (χ2v) is 4.44. The molecule has 3 N–H and O–H groups in total. The molecule has 2 aromatic rings. The summed E-state index contributed by atoms with van der Waals surface area (Å²) < 4.78 is 1.64. The Morgan fingerprint density at radius 2 is 2.44 bits per heavy atom. The zero-order chi connectivity index (χ0) is 12.5. The second-order valence-electron chi connectivity index (χ2n) is 4.44. The number of fused-ring (bicyclic) bond motifs is 1. The molecule has 1 atom stereocenters. The molecule has 0 saturated carbocycles. The number of nitrogen functional groups attached to an aromatic ring is 1. The molecular weight excluding hydrogens is 228 g/mol. The van der Waals surface area contributed by atoms with Crippen molar-refractivity contribution in [2.24, 2.45) is 0 Å². The minimum absolute atomic E-state index is 0.113.